The zero-order valence-corrected chi connectivity index (χ0v) is 16.9. The highest BCUT2D eigenvalue weighted by atomic mass is 16.2. The third kappa shape index (κ3) is 2.61. The quantitative estimate of drug-likeness (QED) is 0.465. The van der Waals surface area contributed by atoms with Crippen LogP contribution in [0.1, 0.15) is 11.1 Å². The van der Waals surface area contributed by atoms with Gasteiger partial charge in [0.25, 0.3) is 5.56 Å². The van der Waals surface area contributed by atoms with Crippen LogP contribution in [0.25, 0.3) is 27.9 Å². The van der Waals surface area contributed by atoms with Crippen LogP contribution in [0.5, 0.6) is 0 Å². The van der Waals surface area contributed by atoms with Crippen LogP contribution in [0.15, 0.2) is 64.7 Å². The largest absolute Gasteiger partial charge is 0.332 e. The third-order valence-corrected chi connectivity index (χ3v) is 5.60. The molecule has 0 aliphatic rings. The molecule has 0 aliphatic heterocycles. The van der Waals surface area contributed by atoms with Crippen LogP contribution in [0.4, 0.5) is 0 Å². The van der Waals surface area contributed by atoms with Crippen molar-refractivity contribution in [2.45, 2.75) is 13.5 Å². The van der Waals surface area contributed by atoms with Crippen molar-refractivity contribution in [2.75, 3.05) is 0 Å². The average Bonchev–Trinajstić information content (AvgIpc) is 3.39. The van der Waals surface area contributed by atoms with Crippen molar-refractivity contribution >= 4 is 21.9 Å². The molecule has 30 heavy (non-hydrogen) atoms. The van der Waals surface area contributed by atoms with Crippen LogP contribution in [-0.2, 0) is 20.6 Å². The Hall–Kier alpha value is -3.94. The van der Waals surface area contributed by atoms with Crippen LogP contribution >= 0.6 is 0 Å². The zero-order valence-electron chi connectivity index (χ0n) is 16.9. The summed E-state index contributed by atoms with van der Waals surface area (Å²) in [5.41, 5.74) is 2.15. The van der Waals surface area contributed by atoms with Gasteiger partial charge in [0, 0.05) is 26.5 Å². The van der Waals surface area contributed by atoms with E-state index in [2.05, 4.69) is 41.2 Å². The van der Waals surface area contributed by atoms with Gasteiger partial charge in [-0.25, -0.2) is 9.78 Å². The number of benzene rings is 2. The molecule has 3 aromatic heterocycles. The summed E-state index contributed by atoms with van der Waals surface area (Å²) < 4.78 is 6.13. The number of hydrogen-bond acceptors (Lipinski definition) is 4. The molecule has 0 radical (unpaired) electrons. The Bertz CT molecular complexity index is 1540. The van der Waals surface area contributed by atoms with E-state index in [-0.39, 0.29) is 5.56 Å². The van der Waals surface area contributed by atoms with Gasteiger partial charge in [0.2, 0.25) is 5.95 Å². The summed E-state index contributed by atoms with van der Waals surface area (Å²) in [7, 11) is 3.11. The minimum atomic E-state index is -0.406. The Labute approximate surface area is 171 Å². The SMILES string of the molecule is Cc1cc2ccccc2cc1Cn1c(-n2ccnc2)nc2c1c(=O)n(C)c(=O)n2C. The highest BCUT2D eigenvalue weighted by molar-refractivity contribution is 5.84. The van der Waals surface area contributed by atoms with E-state index in [9.17, 15) is 9.59 Å². The summed E-state index contributed by atoms with van der Waals surface area (Å²) in [6.45, 7) is 2.50. The number of nitrogens with zero attached hydrogens (tertiary/aromatic N) is 6. The monoisotopic (exact) mass is 400 g/mol. The van der Waals surface area contributed by atoms with Crippen molar-refractivity contribution in [3.63, 3.8) is 0 Å². The fourth-order valence-corrected chi connectivity index (χ4v) is 3.90. The zero-order chi connectivity index (χ0) is 21.0. The second-order valence-corrected chi connectivity index (χ2v) is 7.47. The Morgan fingerprint density at radius 3 is 2.43 bits per heavy atom. The molecule has 0 spiro atoms. The van der Waals surface area contributed by atoms with E-state index in [1.54, 1.807) is 30.3 Å². The molecular weight excluding hydrogens is 380 g/mol. The van der Waals surface area contributed by atoms with E-state index in [4.69, 9.17) is 0 Å². The fraction of sp³-hybridized carbons (Fsp3) is 0.182. The van der Waals surface area contributed by atoms with Gasteiger partial charge in [0.15, 0.2) is 11.2 Å². The lowest BCUT2D eigenvalue weighted by molar-refractivity contribution is 0.701. The summed E-state index contributed by atoms with van der Waals surface area (Å²) in [5.74, 6) is 0.536. The number of rotatable bonds is 3. The molecule has 8 heteroatoms. The van der Waals surface area contributed by atoms with Gasteiger partial charge in [-0.3, -0.25) is 23.1 Å². The molecule has 2 aromatic carbocycles. The number of aromatic nitrogens is 6. The van der Waals surface area contributed by atoms with Crippen LogP contribution in [0.2, 0.25) is 0 Å². The smallest absolute Gasteiger partial charge is 0.299 e. The Kier molecular flexibility index (Phi) is 3.95. The summed E-state index contributed by atoms with van der Waals surface area (Å²) in [6, 6.07) is 12.5. The Morgan fingerprint density at radius 1 is 1.00 bits per heavy atom. The van der Waals surface area contributed by atoms with Crippen molar-refractivity contribution in [3.05, 3.63) is 87.1 Å². The van der Waals surface area contributed by atoms with Crippen LogP contribution in [0.3, 0.4) is 0 Å². The van der Waals surface area contributed by atoms with E-state index < -0.39 is 5.69 Å². The predicted molar refractivity (Wildman–Crippen MR) is 115 cm³/mol. The van der Waals surface area contributed by atoms with Crippen molar-refractivity contribution in [1.82, 2.24) is 28.2 Å². The highest BCUT2D eigenvalue weighted by Gasteiger charge is 2.20. The standard InChI is InChI=1S/C22H20N6O2/c1-14-10-15-6-4-5-7-16(15)11-17(14)12-28-18-19(24-21(28)27-9-8-23-13-27)25(2)22(30)26(3)20(18)29/h4-11,13H,12H2,1-3H3. The summed E-state index contributed by atoms with van der Waals surface area (Å²) in [4.78, 5) is 34.2. The molecule has 0 unspecified atom stereocenters. The highest BCUT2D eigenvalue weighted by Crippen LogP contribution is 2.23. The van der Waals surface area contributed by atoms with Crippen molar-refractivity contribution in [1.29, 1.82) is 0 Å². The minimum Gasteiger partial charge on any atom is -0.299 e. The minimum absolute atomic E-state index is 0.352. The van der Waals surface area contributed by atoms with Gasteiger partial charge in [0.05, 0.1) is 6.54 Å². The lowest BCUT2D eigenvalue weighted by Gasteiger charge is -2.13. The van der Waals surface area contributed by atoms with E-state index in [0.29, 0.717) is 23.7 Å². The first-order valence-electron chi connectivity index (χ1n) is 9.58. The molecule has 8 nitrogen and oxygen atoms in total. The third-order valence-electron chi connectivity index (χ3n) is 5.60. The van der Waals surface area contributed by atoms with E-state index >= 15 is 0 Å². The van der Waals surface area contributed by atoms with Gasteiger partial charge in [-0.05, 0) is 34.9 Å². The van der Waals surface area contributed by atoms with Crippen LogP contribution in [0, 0.1) is 6.92 Å². The van der Waals surface area contributed by atoms with Crippen LogP contribution < -0.4 is 11.2 Å². The molecule has 0 bridgehead atoms. The summed E-state index contributed by atoms with van der Waals surface area (Å²) in [6.07, 6.45) is 5.06. The van der Waals surface area contributed by atoms with Crippen molar-refractivity contribution < 1.29 is 0 Å². The van der Waals surface area contributed by atoms with Crippen molar-refractivity contribution in [3.8, 4) is 5.95 Å². The number of hydrogen-bond donors (Lipinski definition) is 0. The topological polar surface area (TPSA) is 79.6 Å². The lowest BCUT2D eigenvalue weighted by atomic mass is 10.0. The molecule has 5 rings (SSSR count). The van der Waals surface area contributed by atoms with Gasteiger partial charge < -0.3 is 0 Å². The first-order valence-corrected chi connectivity index (χ1v) is 9.58. The van der Waals surface area contributed by atoms with Crippen molar-refractivity contribution in [2.24, 2.45) is 14.1 Å². The molecule has 3 heterocycles. The fourth-order valence-electron chi connectivity index (χ4n) is 3.90. The summed E-state index contributed by atoms with van der Waals surface area (Å²) >= 11 is 0. The lowest BCUT2D eigenvalue weighted by Crippen LogP contribution is -2.37. The molecule has 0 N–H and O–H groups in total. The first-order chi connectivity index (χ1) is 14.5. The molecule has 0 saturated carbocycles. The normalized spacial score (nSPS) is 11.6. The molecule has 5 aromatic rings. The molecule has 0 saturated heterocycles. The van der Waals surface area contributed by atoms with Gasteiger partial charge >= 0.3 is 5.69 Å². The molecule has 0 amide bonds. The van der Waals surface area contributed by atoms with E-state index in [1.165, 1.54) is 17.0 Å². The second-order valence-electron chi connectivity index (χ2n) is 7.47. The maximum absolute atomic E-state index is 13.1. The average molecular weight is 400 g/mol. The Morgan fingerprint density at radius 2 is 1.73 bits per heavy atom. The van der Waals surface area contributed by atoms with Crippen LogP contribution in [-0.4, -0.2) is 28.2 Å². The number of imidazole rings is 2. The maximum Gasteiger partial charge on any atom is 0.332 e. The van der Waals surface area contributed by atoms with E-state index in [0.717, 1.165) is 21.1 Å². The Balaban J connectivity index is 1.82. The molecular formula is C22H20N6O2. The summed E-state index contributed by atoms with van der Waals surface area (Å²) in [5, 5.41) is 2.30. The maximum atomic E-state index is 13.1. The predicted octanol–water partition coefficient (Wildman–Crippen LogP) is 2.13. The van der Waals surface area contributed by atoms with Gasteiger partial charge in [0.1, 0.15) is 6.33 Å². The van der Waals surface area contributed by atoms with Gasteiger partial charge in [-0.15, -0.1) is 0 Å². The van der Waals surface area contributed by atoms with Gasteiger partial charge in [-0.2, -0.15) is 4.98 Å². The number of aryl methyl sites for hydroxylation is 2. The molecule has 0 atom stereocenters. The molecule has 150 valence electrons. The van der Waals surface area contributed by atoms with E-state index in [1.807, 2.05) is 16.7 Å². The first kappa shape index (κ1) is 18.1. The number of fused-ring (bicyclic) bond motifs is 2. The molecule has 0 aliphatic carbocycles. The van der Waals surface area contributed by atoms with Gasteiger partial charge in [-0.1, -0.05) is 30.3 Å². The second kappa shape index (κ2) is 6.55. The molecule has 0 fully saturated rings.